The second kappa shape index (κ2) is 13.4. The van der Waals surface area contributed by atoms with Crippen LogP contribution in [0.3, 0.4) is 0 Å². The fourth-order valence-corrected chi connectivity index (χ4v) is 3.14. The zero-order chi connectivity index (χ0) is 26.7. The van der Waals surface area contributed by atoms with E-state index in [4.69, 9.17) is 11.5 Å². The number of hydrogen-bond donors (Lipinski definition) is 8. The number of nitrogens with one attached hydrogen (secondary N) is 4. The summed E-state index contributed by atoms with van der Waals surface area (Å²) >= 11 is 0. The van der Waals surface area contributed by atoms with Crippen molar-refractivity contribution < 1.29 is 34.2 Å². The number of primary amides is 1. The van der Waals surface area contributed by atoms with E-state index in [-0.39, 0.29) is 31.4 Å². The van der Waals surface area contributed by atoms with Crippen molar-refractivity contribution in [3.05, 3.63) is 48.0 Å². The number of carboxylic acids is 1. The second-order valence-electron chi connectivity index (χ2n) is 8.00. The summed E-state index contributed by atoms with van der Waals surface area (Å²) in [6.45, 7) is -0.515. The number of aliphatic carboxylic acids is 1. The molecule has 1 heterocycles. The van der Waals surface area contributed by atoms with Crippen molar-refractivity contribution in [2.24, 2.45) is 11.5 Å². The molecule has 36 heavy (non-hydrogen) atoms. The molecule has 0 saturated carbocycles. The van der Waals surface area contributed by atoms with Crippen molar-refractivity contribution in [2.45, 2.75) is 43.8 Å². The summed E-state index contributed by atoms with van der Waals surface area (Å²) < 4.78 is 0. The SMILES string of the molecule is NC(=O)CCC(N)C(=O)NCC(=O)NC(Cc1ccc(O)cc1)C(=O)NC(Cc1cnc[nH]1)C(=O)O. The third kappa shape index (κ3) is 9.42. The number of rotatable bonds is 14. The molecule has 0 aliphatic rings. The minimum atomic E-state index is -1.31. The van der Waals surface area contributed by atoms with Crippen LogP contribution >= 0.6 is 0 Å². The Morgan fingerprint density at radius 3 is 2.28 bits per heavy atom. The number of phenols is 1. The van der Waals surface area contributed by atoms with E-state index in [1.165, 1.54) is 24.7 Å². The molecule has 14 heteroatoms. The van der Waals surface area contributed by atoms with Gasteiger partial charge in [-0.25, -0.2) is 9.78 Å². The number of aromatic amines is 1. The Kier molecular flexibility index (Phi) is 10.4. The highest BCUT2D eigenvalue weighted by Crippen LogP contribution is 2.12. The van der Waals surface area contributed by atoms with Crippen LogP contribution in [-0.2, 0) is 36.8 Å². The monoisotopic (exact) mass is 503 g/mol. The highest BCUT2D eigenvalue weighted by Gasteiger charge is 2.27. The molecule has 2 aromatic rings. The number of carbonyl (C=O) groups excluding carboxylic acids is 4. The van der Waals surface area contributed by atoms with Crippen molar-refractivity contribution >= 4 is 29.6 Å². The summed E-state index contributed by atoms with van der Waals surface area (Å²) in [4.78, 5) is 66.6. The first-order valence-electron chi connectivity index (χ1n) is 10.9. The Balaban J connectivity index is 2.05. The van der Waals surface area contributed by atoms with Gasteiger partial charge in [0.25, 0.3) is 0 Å². The topological polar surface area (TPSA) is 243 Å². The normalized spacial score (nSPS) is 13.1. The number of amides is 4. The summed E-state index contributed by atoms with van der Waals surface area (Å²) in [7, 11) is 0. The number of carbonyl (C=O) groups is 5. The first-order valence-corrected chi connectivity index (χ1v) is 10.9. The molecule has 10 N–H and O–H groups in total. The average molecular weight is 504 g/mol. The molecular formula is C22H29N7O7. The average Bonchev–Trinajstić information content (AvgIpc) is 3.34. The van der Waals surface area contributed by atoms with Gasteiger partial charge in [-0.3, -0.25) is 19.2 Å². The van der Waals surface area contributed by atoms with Gasteiger partial charge in [-0.1, -0.05) is 12.1 Å². The number of imidazole rings is 1. The maximum Gasteiger partial charge on any atom is 0.326 e. The zero-order valence-electron chi connectivity index (χ0n) is 19.3. The highest BCUT2D eigenvalue weighted by atomic mass is 16.4. The Morgan fingerprint density at radius 1 is 1.00 bits per heavy atom. The van der Waals surface area contributed by atoms with Crippen molar-refractivity contribution in [3.63, 3.8) is 0 Å². The lowest BCUT2D eigenvalue weighted by molar-refractivity contribution is -0.142. The Hall–Kier alpha value is -4.46. The van der Waals surface area contributed by atoms with Crippen LogP contribution in [0.2, 0.25) is 0 Å². The number of carboxylic acid groups (broad SMARTS) is 1. The van der Waals surface area contributed by atoms with Crippen LogP contribution in [0.4, 0.5) is 0 Å². The summed E-state index contributed by atoms with van der Waals surface area (Å²) in [5.74, 6) is -4.09. The molecule has 194 valence electrons. The van der Waals surface area contributed by atoms with E-state index in [2.05, 4.69) is 25.9 Å². The van der Waals surface area contributed by atoms with E-state index in [0.29, 0.717) is 11.3 Å². The van der Waals surface area contributed by atoms with Gasteiger partial charge in [0.15, 0.2) is 0 Å². The molecule has 0 spiro atoms. The van der Waals surface area contributed by atoms with Gasteiger partial charge in [0.05, 0.1) is 18.9 Å². The lowest BCUT2D eigenvalue weighted by Gasteiger charge is -2.22. The lowest BCUT2D eigenvalue weighted by atomic mass is 10.0. The van der Waals surface area contributed by atoms with E-state index in [1.807, 2.05) is 0 Å². The third-order valence-electron chi connectivity index (χ3n) is 5.08. The zero-order valence-corrected chi connectivity index (χ0v) is 19.3. The Bertz CT molecular complexity index is 1060. The summed E-state index contributed by atoms with van der Waals surface area (Å²) in [5, 5.41) is 26.2. The molecule has 0 fully saturated rings. The molecule has 0 bridgehead atoms. The smallest absolute Gasteiger partial charge is 0.326 e. The number of nitrogens with zero attached hydrogens (tertiary/aromatic N) is 1. The molecule has 3 unspecified atom stereocenters. The molecule has 0 aliphatic carbocycles. The van der Waals surface area contributed by atoms with Gasteiger partial charge in [-0.05, 0) is 24.1 Å². The van der Waals surface area contributed by atoms with Gasteiger partial charge in [0.1, 0.15) is 17.8 Å². The number of aromatic nitrogens is 2. The summed E-state index contributed by atoms with van der Waals surface area (Å²) in [6.07, 6.45) is 2.60. The number of aromatic hydroxyl groups is 1. The molecule has 1 aromatic heterocycles. The summed E-state index contributed by atoms with van der Waals surface area (Å²) in [6, 6.07) is 2.32. The fraction of sp³-hybridized carbons (Fsp3) is 0.364. The maximum absolute atomic E-state index is 13.0. The van der Waals surface area contributed by atoms with Crippen molar-refractivity contribution in [1.82, 2.24) is 25.9 Å². The lowest BCUT2D eigenvalue weighted by Crippen LogP contribution is -2.55. The van der Waals surface area contributed by atoms with Gasteiger partial charge in [0, 0.05) is 31.2 Å². The van der Waals surface area contributed by atoms with Crippen LogP contribution in [0, 0.1) is 0 Å². The third-order valence-corrected chi connectivity index (χ3v) is 5.08. The number of nitrogens with two attached hydrogens (primary N) is 2. The molecule has 1 aromatic carbocycles. The Labute approximate surface area is 205 Å². The van der Waals surface area contributed by atoms with Crippen LogP contribution in [-0.4, -0.2) is 74.4 Å². The number of phenolic OH excluding ortho intramolecular Hbond substituents is 1. The van der Waals surface area contributed by atoms with Gasteiger partial charge in [-0.15, -0.1) is 0 Å². The molecule has 0 aliphatic heterocycles. The predicted molar refractivity (Wildman–Crippen MR) is 125 cm³/mol. The van der Waals surface area contributed by atoms with E-state index >= 15 is 0 Å². The molecule has 4 amide bonds. The first kappa shape index (κ1) is 27.8. The van der Waals surface area contributed by atoms with Gasteiger partial charge in [-0.2, -0.15) is 0 Å². The van der Waals surface area contributed by atoms with Crippen LogP contribution in [0.25, 0.3) is 0 Å². The van der Waals surface area contributed by atoms with Crippen LogP contribution in [0.5, 0.6) is 5.75 Å². The van der Waals surface area contributed by atoms with Gasteiger partial charge in [0.2, 0.25) is 23.6 Å². The van der Waals surface area contributed by atoms with Crippen LogP contribution in [0.15, 0.2) is 36.8 Å². The van der Waals surface area contributed by atoms with Gasteiger partial charge >= 0.3 is 5.97 Å². The second-order valence-corrected chi connectivity index (χ2v) is 8.00. The van der Waals surface area contributed by atoms with Crippen molar-refractivity contribution in [1.29, 1.82) is 0 Å². The number of benzene rings is 1. The highest BCUT2D eigenvalue weighted by molar-refractivity contribution is 5.92. The largest absolute Gasteiger partial charge is 0.508 e. The predicted octanol–water partition coefficient (Wildman–Crippen LogP) is -2.34. The summed E-state index contributed by atoms with van der Waals surface area (Å²) in [5.41, 5.74) is 11.7. The Morgan fingerprint density at radius 2 is 1.69 bits per heavy atom. The molecule has 2 rings (SSSR count). The van der Waals surface area contributed by atoms with Gasteiger partial charge < -0.3 is 42.6 Å². The minimum Gasteiger partial charge on any atom is -0.508 e. The van der Waals surface area contributed by atoms with Crippen molar-refractivity contribution in [3.8, 4) is 5.75 Å². The molecule has 0 saturated heterocycles. The molecule has 3 atom stereocenters. The van der Waals surface area contributed by atoms with Crippen molar-refractivity contribution in [2.75, 3.05) is 6.54 Å². The number of hydrogen-bond acceptors (Lipinski definition) is 8. The molecular weight excluding hydrogens is 474 g/mol. The standard InChI is InChI=1S/C22H29N7O7/c23-15(5-6-18(24)31)20(33)26-10-19(32)28-16(7-12-1-3-14(30)4-2-12)21(34)29-17(22(35)36)8-13-9-25-11-27-13/h1-4,9,11,15-17,30H,5-8,10,23H2,(H2,24,31)(H,25,27)(H,26,33)(H,28,32)(H,29,34)(H,35,36). The fourth-order valence-electron chi connectivity index (χ4n) is 3.14. The maximum atomic E-state index is 13.0. The first-order chi connectivity index (χ1) is 17.0. The van der Waals surface area contributed by atoms with E-state index in [1.54, 1.807) is 12.1 Å². The molecule has 0 radical (unpaired) electrons. The quantitative estimate of drug-likeness (QED) is 0.137. The van der Waals surface area contributed by atoms with Crippen LogP contribution in [0.1, 0.15) is 24.1 Å². The number of H-pyrrole nitrogens is 1. The minimum absolute atomic E-state index is 0.00157. The van der Waals surface area contributed by atoms with Crippen LogP contribution < -0.4 is 27.4 Å². The molecule has 14 nitrogen and oxygen atoms in total. The van der Waals surface area contributed by atoms with E-state index in [0.717, 1.165) is 0 Å². The van der Waals surface area contributed by atoms with E-state index < -0.39 is 54.3 Å². The van der Waals surface area contributed by atoms with E-state index in [9.17, 15) is 34.2 Å².